The number of aryl methyl sites for hydroxylation is 1. The molecule has 1 aromatic heterocycles. The zero-order valence-corrected chi connectivity index (χ0v) is 14.9. The molecule has 5 nitrogen and oxygen atoms in total. The highest BCUT2D eigenvalue weighted by molar-refractivity contribution is 7.99. The Bertz CT molecular complexity index is 943. The first kappa shape index (κ1) is 18.2. The van der Waals surface area contributed by atoms with Crippen molar-refractivity contribution in [3.63, 3.8) is 0 Å². The van der Waals surface area contributed by atoms with Crippen LogP contribution in [-0.2, 0) is 0 Å². The van der Waals surface area contributed by atoms with Gasteiger partial charge in [-0.25, -0.2) is 4.98 Å². The van der Waals surface area contributed by atoms with Crippen LogP contribution >= 0.6 is 11.8 Å². The number of ketones is 1. The molecule has 3 aromatic rings. The molecule has 0 bridgehead atoms. The van der Waals surface area contributed by atoms with Gasteiger partial charge in [-0.05, 0) is 31.2 Å². The van der Waals surface area contributed by atoms with Gasteiger partial charge in [0.1, 0.15) is 11.5 Å². The third kappa shape index (κ3) is 4.13. The number of carbonyl (C=O) groups is 1. The van der Waals surface area contributed by atoms with E-state index >= 15 is 0 Å². The van der Waals surface area contributed by atoms with Crippen LogP contribution in [0.1, 0.15) is 15.9 Å². The van der Waals surface area contributed by atoms with Gasteiger partial charge in [0.25, 0.3) is 0 Å². The van der Waals surface area contributed by atoms with Crippen molar-refractivity contribution in [1.29, 1.82) is 0 Å². The molecule has 26 heavy (non-hydrogen) atoms. The number of Topliss-reactive ketones (excluding diaryl/α,β-unsaturated/α-hetero) is 1. The minimum Gasteiger partial charge on any atom is -0.497 e. The fourth-order valence-electron chi connectivity index (χ4n) is 2.43. The lowest BCUT2D eigenvalue weighted by Crippen LogP contribution is -2.10. The fourth-order valence-corrected chi connectivity index (χ4v) is 3.20. The number of alkyl halides is 2. The Balaban J connectivity index is 1.75. The molecule has 0 aliphatic heterocycles. The van der Waals surface area contributed by atoms with Crippen LogP contribution in [0.4, 0.5) is 8.78 Å². The Morgan fingerprint density at radius 1 is 1.27 bits per heavy atom. The second-order valence-corrected chi connectivity index (χ2v) is 6.48. The molecule has 0 saturated heterocycles. The zero-order chi connectivity index (χ0) is 18.7. The molecule has 0 fully saturated rings. The molecule has 0 atom stereocenters. The van der Waals surface area contributed by atoms with Crippen molar-refractivity contribution in [2.24, 2.45) is 0 Å². The van der Waals surface area contributed by atoms with Crippen LogP contribution in [0.15, 0.2) is 41.6 Å². The molecule has 0 spiro atoms. The van der Waals surface area contributed by atoms with E-state index in [4.69, 9.17) is 4.74 Å². The van der Waals surface area contributed by atoms with Gasteiger partial charge in [0.15, 0.2) is 10.9 Å². The first-order chi connectivity index (χ1) is 12.5. The van der Waals surface area contributed by atoms with Crippen molar-refractivity contribution in [2.45, 2.75) is 18.7 Å². The molecule has 3 rings (SSSR count). The van der Waals surface area contributed by atoms with Crippen molar-refractivity contribution in [3.05, 3.63) is 47.5 Å². The molecular formula is C18H16F2N2O3S. The summed E-state index contributed by atoms with van der Waals surface area (Å²) in [5, 5.41) is 0.561. The number of nitrogens with one attached hydrogen (secondary N) is 1. The Morgan fingerprint density at radius 2 is 2.08 bits per heavy atom. The lowest BCUT2D eigenvalue weighted by atomic mass is 10.1. The average molecular weight is 378 g/mol. The number of ether oxygens (including phenoxy) is 2. The van der Waals surface area contributed by atoms with Gasteiger partial charge in [-0.2, -0.15) is 8.78 Å². The smallest absolute Gasteiger partial charge is 0.387 e. The summed E-state index contributed by atoms with van der Waals surface area (Å²) < 4.78 is 34.7. The number of halogens is 2. The van der Waals surface area contributed by atoms with Gasteiger partial charge >= 0.3 is 6.61 Å². The number of thioether (sulfide) groups is 1. The van der Waals surface area contributed by atoms with Gasteiger partial charge in [0, 0.05) is 6.07 Å². The lowest BCUT2D eigenvalue weighted by molar-refractivity contribution is -0.0501. The van der Waals surface area contributed by atoms with E-state index < -0.39 is 6.61 Å². The summed E-state index contributed by atoms with van der Waals surface area (Å²) >= 11 is 1.20. The number of hydrogen-bond acceptors (Lipinski definition) is 5. The highest BCUT2D eigenvalue weighted by Gasteiger charge is 2.17. The number of carbonyl (C=O) groups excluding carboxylic acids is 1. The SMILES string of the molecule is COc1ccc2nc(SCC(=O)c3cc(C)ccc3OC(F)F)[nH]c2c1. The van der Waals surface area contributed by atoms with Crippen molar-refractivity contribution in [3.8, 4) is 11.5 Å². The van der Waals surface area contributed by atoms with Crippen LogP contribution in [0, 0.1) is 6.92 Å². The lowest BCUT2D eigenvalue weighted by Gasteiger charge is -2.10. The summed E-state index contributed by atoms with van der Waals surface area (Å²) in [6, 6.07) is 9.96. The Labute approximate surface area is 152 Å². The Morgan fingerprint density at radius 3 is 2.81 bits per heavy atom. The molecule has 2 aromatic carbocycles. The number of nitrogens with zero attached hydrogens (tertiary/aromatic N) is 1. The minimum absolute atomic E-state index is 0.0417. The quantitative estimate of drug-likeness (QED) is 0.486. The summed E-state index contributed by atoms with van der Waals surface area (Å²) in [6.45, 7) is -1.20. The topological polar surface area (TPSA) is 64.2 Å². The molecule has 0 aliphatic rings. The number of aromatic nitrogens is 2. The first-order valence-electron chi connectivity index (χ1n) is 7.71. The number of methoxy groups -OCH3 is 1. The summed E-state index contributed by atoms with van der Waals surface area (Å²) in [6.07, 6.45) is 0. The van der Waals surface area contributed by atoms with E-state index in [1.165, 1.54) is 17.8 Å². The predicted octanol–water partition coefficient (Wildman–Crippen LogP) is 4.46. The summed E-state index contributed by atoms with van der Waals surface area (Å²) in [7, 11) is 1.58. The maximum absolute atomic E-state index is 12.5. The number of rotatable bonds is 7. The molecule has 1 heterocycles. The summed E-state index contributed by atoms with van der Waals surface area (Å²) in [5.74, 6) is 0.306. The number of aromatic amines is 1. The third-order valence-corrected chi connectivity index (χ3v) is 4.53. The molecule has 0 saturated carbocycles. The standard InChI is InChI=1S/C18H16F2N2O3S/c1-10-3-6-16(25-17(19)20)12(7-10)15(23)9-26-18-21-13-5-4-11(24-2)8-14(13)22-18/h3-8,17H,9H2,1-2H3,(H,21,22). The molecular weight excluding hydrogens is 362 g/mol. The molecule has 0 amide bonds. The number of fused-ring (bicyclic) bond motifs is 1. The number of H-pyrrole nitrogens is 1. The Hall–Kier alpha value is -2.61. The van der Waals surface area contributed by atoms with Gasteiger partial charge in [-0.1, -0.05) is 23.4 Å². The molecule has 0 radical (unpaired) electrons. The Kier molecular flexibility index (Phi) is 5.41. The van der Waals surface area contributed by atoms with E-state index in [2.05, 4.69) is 14.7 Å². The number of hydrogen-bond donors (Lipinski definition) is 1. The molecule has 0 unspecified atom stereocenters. The summed E-state index contributed by atoms with van der Waals surface area (Å²) in [5.41, 5.74) is 2.46. The predicted molar refractivity (Wildman–Crippen MR) is 95.5 cm³/mol. The summed E-state index contributed by atoms with van der Waals surface area (Å²) in [4.78, 5) is 20.0. The first-order valence-corrected chi connectivity index (χ1v) is 8.70. The van der Waals surface area contributed by atoms with E-state index in [0.717, 1.165) is 16.6 Å². The maximum atomic E-state index is 12.5. The van der Waals surface area contributed by atoms with Gasteiger partial charge < -0.3 is 14.5 Å². The zero-order valence-electron chi connectivity index (χ0n) is 14.1. The van der Waals surface area contributed by atoms with E-state index in [-0.39, 0.29) is 22.8 Å². The van der Waals surface area contributed by atoms with Crippen molar-refractivity contribution in [2.75, 3.05) is 12.9 Å². The molecule has 0 aliphatic carbocycles. The normalized spacial score (nSPS) is 11.1. The second-order valence-electron chi connectivity index (χ2n) is 5.52. The molecule has 136 valence electrons. The minimum atomic E-state index is -2.98. The van der Waals surface area contributed by atoms with Crippen LogP contribution < -0.4 is 9.47 Å². The highest BCUT2D eigenvalue weighted by Crippen LogP contribution is 2.27. The van der Waals surface area contributed by atoms with Gasteiger partial charge in [-0.3, -0.25) is 4.79 Å². The van der Waals surface area contributed by atoms with Gasteiger partial charge in [0.05, 0.1) is 29.5 Å². The van der Waals surface area contributed by atoms with Crippen LogP contribution in [-0.4, -0.2) is 35.2 Å². The van der Waals surface area contributed by atoms with Gasteiger partial charge in [0.2, 0.25) is 0 Å². The van der Waals surface area contributed by atoms with Crippen molar-refractivity contribution in [1.82, 2.24) is 9.97 Å². The van der Waals surface area contributed by atoms with E-state index in [0.29, 0.717) is 10.9 Å². The van der Waals surface area contributed by atoms with E-state index in [1.807, 2.05) is 12.1 Å². The monoisotopic (exact) mass is 378 g/mol. The number of benzene rings is 2. The highest BCUT2D eigenvalue weighted by atomic mass is 32.2. The van der Waals surface area contributed by atoms with Crippen molar-refractivity contribution >= 4 is 28.6 Å². The fraction of sp³-hybridized carbons (Fsp3) is 0.222. The van der Waals surface area contributed by atoms with Gasteiger partial charge in [-0.15, -0.1) is 0 Å². The maximum Gasteiger partial charge on any atom is 0.387 e. The van der Waals surface area contributed by atoms with Crippen LogP contribution in [0.5, 0.6) is 11.5 Å². The third-order valence-electron chi connectivity index (χ3n) is 3.66. The second kappa shape index (κ2) is 7.74. The largest absolute Gasteiger partial charge is 0.497 e. The van der Waals surface area contributed by atoms with Crippen LogP contribution in [0.2, 0.25) is 0 Å². The molecule has 8 heteroatoms. The average Bonchev–Trinajstić information content (AvgIpc) is 3.02. The molecule has 1 N–H and O–H groups in total. The van der Waals surface area contributed by atoms with Crippen LogP contribution in [0.3, 0.4) is 0 Å². The van der Waals surface area contributed by atoms with Crippen LogP contribution in [0.25, 0.3) is 11.0 Å². The number of imidazole rings is 1. The van der Waals surface area contributed by atoms with Crippen molar-refractivity contribution < 1.29 is 23.0 Å². The van der Waals surface area contributed by atoms with E-state index in [1.54, 1.807) is 32.2 Å². The van der Waals surface area contributed by atoms with E-state index in [9.17, 15) is 13.6 Å².